The lowest BCUT2D eigenvalue weighted by Crippen LogP contribution is -3.10. The van der Waals surface area contributed by atoms with Crippen molar-refractivity contribution in [2.24, 2.45) is 5.92 Å². The molecule has 14 heavy (non-hydrogen) atoms. The number of rotatable bonds is 1. The first-order valence-corrected chi connectivity index (χ1v) is 4.86. The lowest BCUT2D eigenvalue weighted by atomic mass is 10.00. The van der Waals surface area contributed by atoms with E-state index >= 15 is 0 Å². The maximum atomic E-state index is 9.35. The summed E-state index contributed by atoms with van der Waals surface area (Å²) in [5, 5.41) is 15.5. The molecule has 82 valence electrons. The quantitative estimate of drug-likeness (QED) is 0.416. The fourth-order valence-corrected chi connectivity index (χ4v) is 1.25. The summed E-state index contributed by atoms with van der Waals surface area (Å²) in [7, 11) is 2.28. The Morgan fingerprint density at radius 3 is 1.93 bits per heavy atom. The molecule has 3 N–H and O–H groups in total. The Labute approximate surface area is 84.8 Å². The van der Waals surface area contributed by atoms with Gasteiger partial charge in [0.25, 0.3) is 0 Å². The molecule has 1 aliphatic rings. The summed E-state index contributed by atoms with van der Waals surface area (Å²) in [4.78, 5) is 11.1. The predicted octanol–water partition coefficient (Wildman–Crippen LogP) is 0.0737. The molecule has 1 heterocycles. The first-order chi connectivity index (χ1) is 6.43. The van der Waals surface area contributed by atoms with Crippen LogP contribution in [0.1, 0.15) is 19.8 Å². The Bertz CT molecular complexity index is 174. The number of quaternary nitrogens is 1. The van der Waals surface area contributed by atoms with Crippen LogP contribution in [0.25, 0.3) is 0 Å². The molecule has 4 nitrogen and oxygen atoms in total. The Morgan fingerprint density at radius 2 is 1.71 bits per heavy atom. The second-order valence-corrected chi connectivity index (χ2v) is 3.89. The van der Waals surface area contributed by atoms with Crippen LogP contribution in [0.15, 0.2) is 12.3 Å². The smallest absolute Gasteiger partial charge is 0.370 e. The number of nitrogens with one attached hydrogen (secondary N) is 1. The molecule has 1 fully saturated rings. The van der Waals surface area contributed by atoms with E-state index < -0.39 is 11.7 Å². The Hall–Kier alpha value is -1.03. The molecule has 0 aliphatic carbocycles. The summed E-state index contributed by atoms with van der Waals surface area (Å²) in [5.41, 5.74) is 0. The van der Waals surface area contributed by atoms with Crippen molar-refractivity contribution in [1.29, 1.82) is 0 Å². The lowest BCUT2D eigenvalue weighted by Gasteiger charge is -2.23. The number of likely N-dealkylation sites (tertiary alicyclic amines) is 1. The second-order valence-electron chi connectivity index (χ2n) is 3.89. The van der Waals surface area contributed by atoms with Gasteiger partial charge in [0.1, 0.15) is 0 Å². The third kappa shape index (κ3) is 6.48. The summed E-state index contributed by atoms with van der Waals surface area (Å²) < 4.78 is 0. The molecule has 0 bridgehead atoms. The molecule has 0 aromatic heterocycles. The molecule has 0 unspecified atom stereocenters. The average molecular weight is 202 g/mol. The molecular formula is C10H20NO3+. The van der Waals surface area contributed by atoms with Crippen LogP contribution in [0.5, 0.6) is 0 Å². The van der Waals surface area contributed by atoms with Crippen LogP contribution in [0.4, 0.5) is 0 Å². The molecule has 0 aromatic rings. The van der Waals surface area contributed by atoms with Gasteiger partial charge < -0.3 is 15.1 Å². The Kier molecular flexibility index (Phi) is 5.95. The summed E-state index contributed by atoms with van der Waals surface area (Å²) in [6.45, 7) is 7.84. The number of aliphatic hydroxyl groups is 1. The topological polar surface area (TPSA) is 62.0 Å². The van der Waals surface area contributed by atoms with Gasteiger partial charge in [0, 0.05) is 0 Å². The zero-order valence-corrected chi connectivity index (χ0v) is 8.92. The molecule has 1 aliphatic heterocycles. The van der Waals surface area contributed by atoms with Gasteiger partial charge in [-0.1, -0.05) is 6.92 Å². The van der Waals surface area contributed by atoms with Crippen LogP contribution in [0, 0.1) is 5.92 Å². The molecule has 1 saturated heterocycles. The molecule has 0 aromatic carbocycles. The second kappa shape index (κ2) is 6.43. The Balaban J connectivity index is 0.000000255. The number of aliphatic carboxylic acids is 1. The maximum absolute atomic E-state index is 9.35. The highest BCUT2D eigenvalue weighted by Crippen LogP contribution is 2.05. The number of hydrogen-bond donors (Lipinski definition) is 3. The highest BCUT2D eigenvalue weighted by Gasteiger charge is 2.13. The standard InChI is InChI=1S/C7H15N.C3H4O3/c1-7-3-5-8(2)6-4-7;1-2(4)3(5)6/h7H,3-6H2,1-2H3;4H,1H2,(H,5,6)/p+1. The minimum Gasteiger partial charge on any atom is -0.502 e. The fraction of sp³-hybridized carbons (Fsp3) is 0.700. The van der Waals surface area contributed by atoms with Crippen molar-refractivity contribution in [1.82, 2.24) is 0 Å². The number of carboxylic acids is 1. The van der Waals surface area contributed by atoms with Crippen LogP contribution in [-0.4, -0.2) is 36.3 Å². The van der Waals surface area contributed by atoms with E-state index in [0.29, 0.717) is 0 Å². The zero-order valence-electron chi connectivity index (χ0n) is 8.92. The predicted molar refractivity (Wildman–Crippen MR) is 54.4 cm³/mol. The minimum absolute atomic E-state index is 0.824. The monoisotopic (exact) mass is 202 g/mol. The summed E-state index contributed by atoms with van der Waals surface area (Å²) in [5.74, 6) is -1.20. The van der Waals surface area contributed by atoms with Gasteiger partial charge in [0.2, 0.25) is 0 Å². The molecule has 0 amide bonds. The number of piperidine rings is 1. The SMILES string of the molecule is C=C(O)C(=O)O.CC1CC[NH+](C)CC1. The van der Waals surface area contributed by atoms with E-state index in [1.807, 2.05) is 0 Å². The highest BCUT2D eigenvalue weighted by atomic mass is 16.4. The molecule has 0 atom stereocenters. The van der Waals surface area contributed by atoms with Crippen LogP contribution in [0.2, 0.25) is 0 Å². The van der Waals surface area contributed by atoms with Crippen LogP contribution >= 0.6 is 0 Å². The normalized spacial score (nSPS) is 25.9. The molecule has 4 heteroatoms. The lowest BCUT2D eigenvalue weighted by molar-refractivity contribution is -0.885. The molecule has 0 spiro atoms. The first kappa shape index (κ1) is 13.0. The first-order valence-electron chi connectivity index (χ1n) is 4.86. The van der Waals surface area contributed by atoms with E-state index in [2.05, 4.69) is 20.6 Å². The van der Waals surface area contributed by atoms with Crippen molar-refractivity contribution in [2.75, 3.05) is 20.1 Å². The van der Waals surface area contributed by atoms with E-state index in [4.69, 9.17) is 10.2 Å². The van der Waals surface area contributed by atoms with Crippen molar-refractivity contribution in [2.45, 2.75) is 19.8 Å². The van der Waals surface area contributed by atoms with Crippen molar-refractivity contribution in [3.05, 3.63) is 12.3 Å². The number of hydrogen-bond acceptors (Lipinski definition) is 2. The number of carbonyl (C=O) groups is 1. The third-order valence-electron chi connectivity index (χ3n) is 2.37. The average Bonchev–Trinajstić information content (AvgIpc) is 2.11. The molecular weight excluding hydrogens is 182 g/mol. The van der Waals surface area contributed by atoms with E-state index in [-0.39, 0.29) is 0 Å². The maximum Gasteiger partial charge on any atom is 0.370 e. The van der Waals surface area contributed by atoms with E-state index in [1.165, 1.54) is 25.9 Å². The molecule has 0 radical (unpaired) electrons. The van der Waals surface area contributed by atoms with E-state index in [0.717, 1.165) is 5.92 Å². The minimum atomic E-state index is -1.38. The third-order valence-corrected chi connectivity index (χ3v) is 2.37. The Morgan fingerprint density at radius 1 is 1.36 bits per heavy atom. The fourth-order valence-electron chi connectivity index (χ4n) is 1.25. The van der Waals surface area contributed by atoms with Crippen molar-refractivity contribution in [3.8, 4) is 0 Å². The van der Waals surface area contributed by atoms with Crippen molar-refractivity contribution in [3.63, 3.8) is 0 Å². The van der Waals surface area contributed by atoms with Crippen molar-refractivity contribution < 1.29 is 19.9 Å². The number of aliphatic hydroxyl groups excluding tert-OH is 1. The largest absolute Gasteiger partial charge is 0.502 e. The van der Waals surface area contributed by atoms with Gasteiger partial charge in [-0.15, -0.1) is 0 Å². The molecule has 1 rings (SSSR count). The van der Waals surface area contributed by atoms with Gasteiger partial charge in [0.15, 0.2) is 5.76 Å². The van der Waals surface area contributed by atoms with Gasteiger partial charge in [0.05, 0.1) is 20.1 Å². The van der Waals surface area contributed by atoms with E-state index in [1.54, 1.807) is 4.90 Å². The van der Waals surface area contributed by atoms with E-state index in [9.17, 15) is 4.79 Å². The van der Waals surface area contributed by atoms with Gasteiger partial charge in [-0.2, -0.15) is 0 Å². The zero-order chi connectivity index (χ0) is 11.1. The highest BCUT2D eigenvalue weighted by molar-refractivity contribution is 5.82. The summed E-state index contributed by atoms with van der Waals surface area (Å²) in [6, 6.07) is 0. The van der Waals surface area contributed by atoms with Gasteiger partial charge in [-0.25, -0.2) is 4.79 Å². The summed E-state index contributed by atoms with van der Waals surface area (Å²) in [6.07, 6.45) is 2.87. The van der Waals surface area contributed by atoms with Gasteiger partial charge in [-0.05, 0) is 25.3 Å². The van der Waals surface area contributed by atoms with Crippen molar-refractivity contribution >= 4 is 5.97 Å². The van der Waals surface area contributed by atoms with Crippen LogP contribution < -0.4 is 4.90 Å². The summed E-state index contributed by atoms with van der Waals surface area (Å²) >= 11 is 0. The van der Waals surface area contributed by atoms with Crippen LogP contribution in [0.3, 0.4) is 0 Å². The van der Waals surface area contributed by atoms with Crippen LogP contribution in [-0.2, 0) is 4.79 Å². The van der Waals surface area contributed by atoms with Gasteiger partial charge >= 0.3 is 5.97 Å². The number of carboxylic acid groups (broad SMARTS) is 1. The van der Waals surface area contributed by atoms with Gasteiger partial charge in [-0.3, -0.25) is 0 Å². The molecule has 0 saturated carbocycles.